The van der Waals surface area contributed by atoms with Crippen LogP contribution in [0.15, 0.2) is 40.5 Å². The molecule has 0 saturated heterocycles. The molecule has 25 heavy (non-hydrogen) atoms. The van der Waals surface area contributed by atoms with Crippen molar-refractivity contribution in [1.29, 1.82) is 0 Å². The first-order chi connectivity index (χ1) is 12.0. The van der Waals surface area contributed by atoms with Crippen molar-refractivity contribution in [2.24, 2.45) is 15.6 Å². The van der Waals surface area contributed by atoms with E-state index in [-0.39, 0.29) is 12.0 Å². The monoisotopic (exact) mass is 342 g/mol. The molecule has 0 saturated carbocycles. The lowest BCUT2D eigenvalue weighted by Gasteiger charge is -2.24. The summed E-state index contributed by atoms with van der Waals surface area (Å²) in [7, 11) is 1.73. The molecule has 0 unspecified atom stereocenters. The lowest BCUT2D eigenvalue weighted by atomic mass is 9.93. The molecule has 2 aromatic rings. The minimum atomic E-state index is -0.284. The molecule has 6 heteroatoms. The highest BCUT2D eigenvalue weighted by molar-refractivity contribution is 5.87. The van der Waals surface area contributed by atoms with Gasteiger partial charge < -0.3 is 9.30 Å². The molecule has 0 bridgehead atoms. The fourth-order valence-corrected chi connectivity index (χ4v) is 2.76. The summed E-state index contributed by atoms with van der Waals surface area (Å²) in [6, 6.07) is 10.1. The largest absolute Gasteiger partial charge is 0.374 e. The van der Waals surface area contributed by atoms with E-state index in [4.69, 9.17) is 9.72 Å². The topological polar surface area (TPSA) is 68.8 Å². The summed E-state index contributed by atoms with van der Waals surface area (Å²) in [5.41, 5.74) is 2.56. The Kier molecular flexibility index (Phi) is 6.58. The van der Waals surface area contributed by atoms with Gasteiger partial charge in [0.05, 0.1) is 12.2 Å². The Hall–Kier alpha value is -2.34. The molecule has 1 aromatic heterocycles. The van der Waals surface area contributed by atoms with E-state index >= 15 is 0 Å². The fourth-order valence-electron chi connectivity index (χ4n) is 2.76. The Balaban J connectivity index is 2.59. The highest BCUT2D eigenvalue weighted by Crippen LogP contribution is 2.29. The molecular formula is C19H26N4O2. The van der Waals surface area contributed by atoms with Crippen LogP contribution in [0.25, 0.3) is 11.3 Å². The van der Waals surface area contributed by atoms with Gasteiger partial charge in [0.15, 0.2) is 0 Å². The van der Waals surface area contributed by atoms with Gasteiger partial charge in [-0.1, -0.05) is 49.4 Å². The van der Waals surface area contributed by atoms with Gasteiger partial charge in [-0.25, -0.2) is 4.98 Å². The number of nitrogens with zero attached hydrogens (tertiary/aromatic N) is 4. The third-order valence-corrected chi connectivity index (χ3v) is 3.89. The second kappa shape index (κ2) is 8.67. The van der Waals surface area contributed by atoms with Gasteiger partial charge in [0.1, 0.15) is 18.1 Å². The second-order valence-corrected chi connectivity index (χ2v) is 6.69. The van der Waals surface area contributed by atoms with Crippen molar-refractivity contribution in [3.63, 3.8) is 0 Å². The van der Waals surface area contributed by atoms with Crippen LogP contribution in [-0.2, 0) is 17.9 Å². The van der Waals surface area contributed by atoms with Crippen molar-refractivity contribution in [1.82, 2.24) is 9.55 Å². The smallest absolute Gasteiger partial charge is 0.136 e. The third-order valence-electron chi connectivity index (χ3n) is 3.89. The molecule has 0 amide bonds. The zero-order valence-corrected chi connectivity index (χ0v) is 15.4. The van der Waals surface area contributed by atoms with E-state index in [1.807, 2.05) is 39.0 Å². The van der Waals surface area contributed by atoms with E-state index in [0.717, 1.165) is 22.8 Å². The van der Waals surface area contributed by atoms with Crippen LogP contribution in [0.1, 0.15) is 32.3 Å². The molecular weight excluding hydrogens is 316 g/mol. The normalized spacial score (nSPS) is 12.0. The first-order valence-corrected chi connectivity index (χ1v) is 8.46. The summed E-state index contributed by atoms with van der Waals surface area (Å²) in [5, 5.41) is 3.10. The van der Waals surface area contributed by atoms with Gasteiger partial charge >= 0.3 is 0 Å². The minimum absolute atomic E-state index is 0.241. The summed E-state index contributed by atoms with van der Waals surface area (Å²) in [6.07, 6.45) is 1.76. The number of imidazole rings is 1. The van der Waals surface area contributed by atoms with Gasteiger partial charge in [0.2, 0.25) is 0 Å². The van der Waals surface area contributed by atoms with Crippen LogP contribution in [0.5, 0.6) is 0 Å². The van der Waals surface area contributed by atoms with E-state index in [2.05, 4.69) is 26.9 Å². The maximum atomic E-state index is 10.8. The van der Waals surface area contributed by atoms with Crippen LogP contribution in [0.2, 0.25) is 0 Å². The second-order valence-electron chi connectivity index (χ2n) is 6.69. The molecule has 134 valence electrons. The SMILES string of the molecule is CCOCc1nc(/C=N\C)c(-c2ccccc2)n1CC(C)(C)CN=O. The van der Waals surface area contributed by atoms with E-state index in [0.29, 0.717) is 19.8 Å². The maximum absolute atomic E-state index is 10.8. The molecule has 2 rings (SSSR count). The summed E-state index contributed by atoms with van der Waals surface area (Å²) >= 11 is 0. The van der Waals surface area contributed by atoms with Crippen LogP contribution >= 0.6 is 0 Å². The molecule has 0 radical (unpaired) electrons. The molecule has 0 aliphatic heterocycles. The Morgan fingerprint density at radius 3 is 2.60 bits per heavy atom. The van der Waals surface area contributed by atoms with E-state index in [1.165, 1.54) is 0 Å². The zero-order chi connectivity index (χ0) is 18.3. The summed E-state index contributed by atoms with van der Waals surface area (Å²) in [5.74, 6) is 0.828. The molecule has 1 aromatic carbocycles. The van der Waals surface area contributed by atoms with Crippen LogP contribution < -0.4 is 0 Å². The van der Waals surface area contributed by atoms with Crippen LogP contribution in [0.3, 0.4) is 0 Å². The summed E-state index contributed by atoms with van der Waals surface area (Å²) in [6.45, 7) is 7.91. The average molecular weight is 342 g/mol. The third kappa shape index (κ3) is 4.82. The minimum Gasteiger partial charge on any atom is -0.374 e. The number of aliphatic imine (C=N–C) groups is 1. The number of nitroso groups, excluding NO2 is 1. The standard InChI is InChI=1S/C19H26N4O2/c1-5-25-12-17-22-16(11-20-4)18(15-9-7-6-8-10-15)23(17)14-19(2,3)13-21-24/h6-11H,5,12-14H2,1-4H3/b20-11-. The molecule has 0 fully saturated rings. The highest BCUT2D eigenvalue weighted by Gasteiger charge is 2.25. The summed E-state index contributed by atoms with van der Waals surface area (Å²) in [4.78, 5) is 19.7. The molecule has 0 spiro atoms. The Morgan fingerprint density at radius 2 is 2.00 bits per heavy atom. The lowest BCUT2D eigenvalue weighted by Crippen LogP contribution is -2.25. The molecule has 0 atom stereocenters. The van der Waals surface area contributed by atoms with Crippen LogP contribution in [0.4, 0.5) is 0 Å². The Labute approximate surface area is 148 Å². The maximum Gasteiger partial charge on any atom is 0.136 e. The van der Waals surface area contributed by atoms with Gasteiger partial charge in [-0.05, 0) is 6.92 Å². The fraction of sp³-hybridized carbons (Fsp3) is 0.474. The van der Waals surface area contributed by atoms with Gasteiger partial charge in [0, 0.05) is 37.4 Å². The Bertz CT molecular complexity index is 721. The molecule has 0 aliphatic carbocycles. The van der Waals surface area contributed by atoms with Crippen molar-refractivity contribution in [3.8, 4) is 11.3 Å². The van der Waals surface area contributed by atoms with Crippen LogP contribution in [0, 0.1) is 10.3 Å². The van der Waals surface area contributed by atoms with E-state index in [1.54, 1.807) is 13.3 Å². The molecule has 0 aliphatic rings. The predicted octanol–water partition coefficient (Wildman–Crippen LogP) is 3.93. The van der Waals surface area contributed by atoms with Crippen molar-refractivity contribution in [2.45, 2.75) is 33.9 Å². The van der Waals surface area contributed by atoms with Crippen molar-refractivity contribution in [2.75, 3.05) is 20.2 Å². The zero-order valence-electron chi connectivity index (χ0n) is 15.4. The highest BCUT2D eigenvalue weighted by atomic mass is 16.5. The first kappa shape index (κ1) is 19.0. The van der Waals surface area contributed by atoms with Crippen LogP contribution in [-0.4, -0.2) is 36.0 Å². The van der Waals surface area contributed by atoms with E-state index in [9.17, 15) is 4.91 Å². The number of hydrogen-bond donors (Lipinski definition) is 0. The summed E-state index contributed by atoms with van der Waals surface area (Å²) < 4.78 is 7.74. The number of benzene rings is 1. The first-order valence-electron chi connectivity index (χ1n) is 8.46. The van der Waals surface area contributed by atoms with Crippen molar-refractivity contribution in [3.05, 3.63) is 46.8 Å². The molecule has 6 nitrogen and oxygen atoms in total. The Morgan fingerprint density at radius 1 is 1.28 bits per heavy atom. The number of rotatable bonds is 9. The van der Waals surface area contributed by atoms with Crippen molar-refractivity contribution < 1.29 is 4.74 Å². The molecule has 0 N–H and O–H groups in total. The van der Waals surface area contributed by atoms with Gasteiger partial charge in [-0.2, -0.15) is 4.91 Å². The quantitative estimate of drug-likeness (QED) is 0.512. The van der Waals surface area contributed by atoms with Gasteiger partial charge in [0.25, 0.3) is 0 Å². The van der Waals surface area contributed by atoms with Gasteiger partial charge in [-0.15, -0.1) is 0 Å². The van der Waals surface area contributed by atoms with Gasteiger partial charge in [-0.3, -0.25) is 4.99 Å². The number of aromatic nitrogens is 2. The van der Waals surface area contributed by atoms with Crippen molar-refractivity contribution >= 4 is 6.21 Å². The van der Waals surface area contributed by atoms with E-state index < -0.39 is 0 Å². The lowest BCUT2D eigenvalue weighted by molar-refractivity contribution is 0.123. The molecule has 1 heterocycles. The number of ether oxygens (including phenoxy) is 1. The predicted molar refractivity (Wildman–Crippen MR) is 101 cm³/mol. The average Bonchev–Trinajstić information content (AvgIpc) is 2.90. The number of hydrogen-bond acceptors (Lipinski definition) is 5.